The van der Waals surface area contributed by atoms with Crippen molar-refractivity contribution in [2.45, 2.75) is 45.2 Å². The molecule has 1 saturated heterocycles. The SMILES string of the molecule is CC(C)N1CC[C](Cc2ccccc2)CC1C(N)=O. The summed E-state index contributed by atoms with van der Waals surface area (Å²) in [6.07, 6.45) is 2.84. The van der Waals surface area contributed by atoms with Gasteiger partial charge in [-0.25, -0.2) is 0 Å². The van der Waals surface area contributed by atoms with Crippen molar-refractivity contribution >= 4 is 5.91 Å². The monoisotopic (exact) mass is 259 g/mol. The molecule has 2 N–H and O–H groups in total. The highest BCUT2D eigenvalue weighted by molar-refractivity contribution is 5.80. The lowest BCUT2D eigenvalue weighted by atomic mass is 9.85. The Kier molecular flexibility index (Phi) is 4.59. The van der Waals surface area contributed by atoms with Gasteiger partial charge in [0.25, 0.3) is 0 Å². The van der Waals surface area contributed by atoms with Gasteiger partial charge in [0.15, 0.2) is 0 Å². The summed E-state index contributed by atoms with van der Waals surface area (Å²) in [5.74, 6) is 1.24. The number of nitrogens with zero attached hydrogens (tertiary/aromatic N) is 1. The maximum atomic E-state index is 11.6. The summed E-state index contributed by atoms with van der Waals surface area (Å²) in [6.45, 7) is 5.18. The van der Waals surface area contributed by atoms with Gasteiger partial charge in [-0.2, -0.15) is 0 Å². The third-order valence-corrected chi connectivity index (χ3v) is 3.89. The number of carbonyl (C=O) groups excluding carboxylic acids is 1. The first kappa shape index (κ1) is 14.1. The van der Waals surface area contributed by atoms with Gasteiger partial charge in [0.1, 0.15) is 0 Å². The van der Waals surface area contributed by atoms with Crippen LogP contribution in [0.5, 0.6) is 0 Å². The van der Waals surface area contributed by atoms with E-state index in [1.54, 1.807) is 0 Å². The number of nitrogens with two attached hydrogens (primary N) is 1. The van der Waals surface area contributed by atoms with E-state index >= 15 is 0 Å². The Hall–Kier alpha value is -1.35. The number of likely N-dealkylation sites (tertiary alicyclic amines) is 1. The molecule has 1 aliphatic heterocycles. The van der Waals surface area contributed by atoms with Gasteiger partial charge < -0.3 is 5.73 Å². The molecular weight excluding hydrogens is 236 g/mol. The second kappa shape index (κ2) is 6.20. The summed E-state index contributed by atoms with van der Waals surface area (Å²) < 4.78 is 0. The van der Waals surface area contributed by atoms with Crippen LogP contribution in [0.3, 0.4) is 0 Å². The summed E-state index contributed by atoms with van der Waals surface area (Å²) in [6, 6.07) is 10.7. The molecule has 2 rings (SSSR count). The Morgan fingerprint density at radius 2 is 2.05 bits per heavy atom. The molecule has 1 atom stereocenters. The van der Waals surface area contributed by atoms with E-state index in [-0.39, 0.29) is 11.9 Å². The van der Waals surface area contributed by atoms with Crippen LogP contribution in [0.2, 0.25) is 0 Å². The molecule has 1 radical (unpaired) electrons. The molecular formula is C16H23N2O. The number of rotatable bonds is 4. The third-order valence-electron chi connectivity index (χ3n) is 3.89. The van der Waals surface area contributed by atoms with Crippen molar-refractivity contribution in [1.82, 2.24) is 4.90 Å². The number of carbonyl (C=O) groups is 1. The lowest BCUT2D eigenvalue weighted by molar-refractivity contribution is -0.124. The highest BCUT2D eigenvalue weighted by Gasteiger charge is 2.33. The maximum absolute atomic E-state index is 11.6. The zero-order chi connectivity index (χ0) is 13.8. The summed E-state index contributed by atoms with van der Waals surface area (Å²) in [4.78, 5) is 13.9. The maximum Gasteiger partial charge on any atom is 0.234 e. The van der Waals surface area contributed by atoms with E-state index in [9.17, 15) is 4.79 Å². The Morgan fingerprint density at radius 3 is 2.63 bits per heavy atom. The fourth-order valence-electron chi connectivity index (χ4n) is 2.86. The highest BCUT2D eigenvalue weighted by atomic mass is 16.1. The zero-order valence-electron chi connectivity index (χ0n) is 11.8. The van der Waals surface area contributed by atoms with E-state index in [1.165, 1.54) is 11.5 Å². The minimum atomic E-state index is -0.195. The number of hydrogen-bond acceptors (Lipinski definition) is 2. The van der Waals surface area contributed by atoms with Crippen molar-refractivity contribution in [2.75, 3.05) is 6.54 Å². The molecule has 0 saturated carbocycles. The Morgan fingerprint density at radius 1 is 1.37 bits per heavy atom. The van der Waals surface area contributed by atoms with Crippen molar-refractivity contribution in [3.8, 4) is 0 Å². The Labute approximate surface area is 115 Å². The Bertz CT molecular complexity index is 416. The van der Waals surface area contributed by atoms with Crippen molar-refractivity contribution in [2.24, 2.45) is 5.73 Å². The smallest absolute Gasteiger partial charge is 0.234 e. The van der Waals surface area contributed by atoms with E-state index in [2.05, 4.69) is 43.0 Å². The van der Waals surface area contributed by atoms with Crippen LogP contribution in [0.4, 0.5) is 0 Å². The van der Waals surface area contributed by atoms with Gasteiger partial charge in [0, 0.05) is 6.04 Å². The summed E-state index contributed by atoms with van der Waals surface area (Å²) in [5, 5.41) is 0. The average Bonchev–Trinajstić information content (AvgIpc) is 2.39. The van der Waals surface area contributed by atoms with Gasteiger partial charge in [0.2, 0.25) is 5.91 Å². The van der Waals surface area contributed by atoms with Crippen molar-refractivity contribution in [1.29, 1.82) is 0 Å². The fourth-order valence-corrected chi connectivity index (χ4v) is 2.86. The molecule has 19 heavy (non-hydrogen) atoms. The van der Waals surface area contributed by atoms with E-state index in [0.717, 1.165) is 25.8 Å². The standard InChI is InChI=1S/C16H23N2O/c1-12(2)18-9-8-14(11-15(18)16(17)19)10-13-6-4-3-5-7-13/h3-7,12,15H,8-11H2,1-2H3,(H2,17,19). The highest BCUT2D eigenvalue weighted by Crippen LogP contribution is 2.29. The summed E-state index contributed by atoms with van der Waals surface area (Å²) in [7, 11) is 0. The molecule has 0 bridgehead atoms. The molecule has 3 nitrogen and oxygen atoms in total. The molecule has 0 aromatic heterocycles. The summed E-state index contributed by atoms with van der Waals surface area (Å²) >= 11 is 0. The molecule has 3 heteroatoms. The first-order valence-corrected chi connectivity index (χ1v) is 7.00. The zero-order valence-corrected chi connectivity index (χ0v) is 11.8. The third kappa shape index (κ3) is 3.57. The lowest BCUT2D eigenvalue weighted by Gasteiger charge is -2.40. The number of hydrogen-bond donors (Lipinski definition) is 1. The first-order valence-electron chi connectivity index (χ1n) is 7.00. The summed E-state index contributed by atoms with van der Waals surface area (Å²) in [5.41, 5.74) is 6.88. The predicted octanol–water partition coefficient (Wildman–Crippen LogP) is 2.16. The topological polar surface area (TPSA) is 46.3 Å². The molecule has 103 valence electrons. The minimum absolute atomic E-state index is 0.132. The van der Waals surface area contributed by atoms with Crippen molar-refractivity contribution < 1.29 is 4.79 Å². The number of benzene rings is 1. The largest absolute Gasteiger partial charge is 0.368 e. The van der Waals surface area contributed by atoms with E-state index in [0.29, 0.717) is 6.04 Å². The normalized spacial score (nSPS) is 21.7. The molecule has 1 aromatic carbocycles. The van der Waals surface area contributed by atoms with E-state index < -0.39 is 0 Å². The molecule has 0 spiro atoms. The van der Waals surface area contributed by atoms with Gasteiger partial charge in [0.05, 0.1) is 6.04 Å². The number of piperidine rings is 1. The second-order valence-electron chi connectivity index (χ2n) is 5.62. The van der Waals surface area contributed by atoms with Crippen molar-refractivity contribution in [3.63, 3.8) is 0 Å². The second-order valence-corrected chi connectivity index (χ2v) is 5.62. The van der Waals surface area contributed by atoms with Crippen LogP contribution in [0, 0.1) is 5.92 Å². The van der Waals surface area contributed by atoms with Gasteiger partial charge >= 0.3 is 0 Å². The number of primary amides is 1. The van der Waals surface area contributed by atoms with Crippen LogP contribution >= 0.6 is 0 Å². The van der Waals surface area contributed by atoms with Crippen LogP contribution in [-0.4, -0.2) is 29.4 Å². The van der Waals surface area contributed by atoms with Crippen LogP contribution in [0.25, 0.3) is 0 Å². The molecule has 1 fully saturated rings. The van der Waals surface area contributed by atoms with Gasteiger partial charge in [-0.05, 0) is 51.1 Å². The van der Waals surface area contributed by atoms with E-state index in [1.807, 2.05) is 6.07 Å². The average molecular weight is 259 g/mol. The molecule has 1 aromatic rings. The minimum Gasteiger partial charge on any atom is -0.368 e. The quantitative estimate of drug-likeness (QED) is 0.900. The van der Waals surface area contributed by atoms with Crippen LogP contribution in [-0.2, 0) is 11.2 Å². The van der Waals surface area contributed by atoms with Crippen LogP contribution in [0.15, 0.2) is 30.3 Å². The van der Waals surface area contributed by atoms with Crippen LogP contribution < -0.4 is 5.73 Å². The van der Waals surface area contributed by atoms with Gasteiger partial charge in [-0.3, -0.25) is 9.69 Å². The Balaban J connectivity index is 2.01. The van der Waals surface area contributed by atoms with Crippen LogP contribution in [0.1, 0.15) is 32.3 Å². The molecule has 0 aliphatic carbocycles. The van der Waals surface area contributed by atoms with Gasteiger partial charge in [-0.15, -0.1) is 0 Å². The fraction of sp³-hybridized carbons (Fsp3) is 0.500. The van der Waals surface area contributed by atoms with Crippen molar-refractivity contribution in [3.05, 3.63) is 41.8 Å². The molecule has 1 heterocycles. The predicted molar refractivity (Wildman–Crippen MR) is 77.4 cm³/mol. The number of amides is 1. The molecule has 1 amide bonds. The van der Waals surface area contributed by atoms with Gasteiger partial charge in [-0.1, -0.05) is 30.3 Å². The molecule has 1 unspecified atom stereocenters. The first-order chi connectivity index (χ1) is 9.08. The lowest BCUT2D eigenvalue weighted by Crippen LogP contribution is -2.52. The van der Waals surface area contributed by atoms with E-state index in [4.69, 9.17) is 5.73 Å². The molecule has 1 aliphatic rings.